The van der Waals surface area contributed by atoms with Gasteiger partial charge in [0, 0.05) is 34.8 Å². The molecule has 3 aromatic rings. The summed E-state index contributed by atoms with van der Waals surface area (Å²) < 4.78 is 11.1. The zero-order valence-electron chi connectivity index (χ0n) is 15.0. The lowest BCUT2D eigenvalue weighted by Crippen LogP contribution is -2.37. The molecule has 3 heterocycles. The van der Waals surface area contributed by atoms with Crippen molar-refractivity contribution in [2.75, 3.05) is 7.11 Å². The number of aryl methyl sites for hydroxylation is 2. The van der Waals surface area contributed by atoms with Crippen LogP contribution in [0.2, 0.25) is 0 Å². The molecule has 11 heteroatoms. The Morgan fingerprint density at radius 1 is 1.12 bits per heavy atom. The fourth-order valence-corrected chi connectivity index (χ4v) is 3.51. The molecule has 0 spiro atoms. The molecule has 26 heavy (non-hydrogen) atoms. The lowest BCUT2D eigenvalue weighted by molar-refractivity contribution is 0.174. The maximum atomic E-state index is 12.5. The smallest absolute Gasteiger partial charge is 0.332 e. The second kappa shape index (κ2) is 6.92. The molecule has 0 aliphatic carbocycles. The Balaban J connectivity index is 2.14. The van der Waals surface area contributed by atoms with Crippen LogP contribution in [0.1, 0.15) is 5.82 Å². The van der Waals surface area contributed by atoms with Gasteiger partial charge in [-0.1, -0.05) is 6.08 Å². The van der Waals surface area contributed by atoms with E-state index in [0.717, 1.165) is 4.57 Å². The molecule has 0 saturated carbocycles. The summed E-state index contributed by atoms with van der Waals surface area (Å²) >= 11 is 1.26. The normalized spacial score (nSPS) is 11.4. The Bertz CT molecular complexity index is 1110. The molecule has 3 rings (SSSR count). The van der Waals surface area contributed by atoms with Crippen molar-refractivity contribution in [2.24, 2.45) is 21.1 Å². The zero-order valence-corrected chi connectivity index (χ0v) is 15.8. The number of rotatable bonds is 6. The second-order valence-corrected chi connectivity index (χ2v) is 6.60. The van der Waals surface area contributed by atoms with Crippen molar-refractivity contribution in [1.29, 1.82) is 0 Å². The number of imidazole rings is 1. The monoisotopic (exact) mass is 377 g/mol. The fraction of sp³-hybridized carbons (Fsp3) is 0.400. The molecule has 3 aromatic heterocycles. The summed E-state index contributed by atoms with van der Waals surface area (Å²) in [6.07, 6.45) is 1.74. The molecule has 10 nitrogen and oxygen atoms in total. The minimum absolute atomic E-state index is 0.318. The third kappa shape index (κ3) is 2.78. The Labute approximate surface area is 152 Å². The minimum Gasteiger partial charge on any atom is -0.377 e. The van der Waals surface area contributed by atoms with Crippen molar-refractivity contribution in [3.8, 4) is 0 Å². The summed E-state index contributed by atoms with van der Waals surface area (Å²) in [5.41, 5.74) is -0.133. The number of ether oxygens (including phenoxy) is 1. The molecular weight excluding hydrogens is 358 g/mol. The van der Waals surface area contributed by atoms with Crippen LogP contribution in [0.3, 0.4) is 0 Å². The highest BCUT2D eigenvalue weighted by Gasteiger charge is 2.20. The van der Waals surface area contributed by atoms with Crippen LogP contribution < -0.4 is 11.2 Å². The standard InChI is InChI=1S/C15H19N7O3S/c1-6-7-22-9(8-25-5)17-18-14(22)26-13-16-11-10(19(13)2)12(23)21(4)15(24)20(11)3/h6H,1,7-8H2,2-5H3. The maximum absolute atomic E-state index is 12.5. The Morgan fingerprint density at radius 3 is 2.50 bits per heavy atom. The van der Waals surface area contributed by atoms with E-state index >= 15 is 0 Å². The number of methoxy groups -OCH3 is 1. The van der Waals surface area contributed by atoms with Gasteiger partial charge < -0.3 is 9.30 Å². The quantitative estimate of drug-likeness (QED) is 0.559. The maximum Gasteiger partial charge on any atom is 0.332 e. The van der Waals surface area contributed by atoms with E-state index in [0.29, 0.717) is 40.5 Å². The highest BCUT2D eigenvalue weighted by Crippen LogP contribution is 2.27. The number of allylic oxidation sites excluding steroid dienone is 1. The van der Waals surface area contributed by atoms with Crippen LogP contribution in [-0.4, -0.2) is 40.6 Å². The van der Waals surface area contributed by atoms with E-state index in [2.05, 4.69) is 21.8 Å². The van der Waals surface area contributed by atoms with Crippen LogP contribution >= 0.6 is 11.8 Å². The third-order valence-electron chi connectivity index (χ3n) is 4.00. The van der Waals surface area contributed by atoms with E-state index in [1.807, 2.05) is 4.57 Å². The summed E-state index contributed by atoms with van der Waals surface area (Å²) in [5, 5.41) is 9.43. The summed E-state index contributed by atoms with van der Waals surface area (Å²) in [7, 11) is 6.35. The number of hydrogen-bond donors (Lipinski definition) is 0. The lowest BCUT2D eigenvalue weighted by Gasteiger charge is -2.06. The minimum atomic E-state index is -0.422. The van der Waals surface area contributed by atoms with E-state index < -0.39 is 11.2 Å². The van der Waals surface area contributed by atoms with Crippen LogP contribution in [0.5, 0.6) is 0 Å². The van der Waals surface area contributed by atoms with Crippen LogP contribution in [0.25, 0.3) is 11.2 Å². The Hall–Kier alpha value is -2.66. The second-order valence-electron chi connectivity index (χ2n) is 5.66. The summed E-state index contributed by atoms with van der Waals surface area (Å²) in [5.74, 6) is 0.664. The average molecular weight is 377 g/mol. The van der Waals surface area contributed by atoms with Gasteiger partial charge in [0.2, 0.25) is 0 Å². The van der Waals surface area contributed by atoms with Crippen LogP contribution in [-0.2, 0) is 39.0 Å². The van der Waals surface area contributed by atoms with Crippen LogP contribution in [0, 0.1) is 0 Å². The van der Waals surface area contributed by atoms with Gasteiger partial charge in [-0.05, 0) is 11.8 Å². The number of hydrogen-bond acceptors (Lipinski definition) is 7. The van der Waals surface area contributed by atoms with Gasteiger partial charge in [-0.15, -0.1) is 16.8 Å². The van der Waals surface area contributed by atoms with Gasteiger partial charge in [0.25, 0.3) is 5.56 Å². The molecule has 0 bridgehead atoms. The van der Waals surface area contributed by atoms with Gasteiger partial charge in [0.1, 0.15) is 6.61 Å². The predicted octanol–water partition coefficient (Wildman–Crippen LogP) is 0.0458. The third-order valence-corrected chi connectivity index (χ3v) is 5.03. The molecule has 0 aliphatic heterocycles. The fourth-order valence-electron chi connectivity index (χ4n) is 2.61. The van der Waals surface area contributed by atoms with Crippen molar-refractivity contribution in [2.45, 2.75) is 23.5 Å². The zero-order chi connectivity index (χ0) is 19.0. The van der Waals surface area contributed by atoms with E-state index in [1.165, 1.54) is 23.4 Å². The molecular formula is C15H19N7O3S. The molecule has 0 unspecified atom stereocenters. The molecule has 0 radical (unpaired) electrons. The average Bonchev–Trinajstić information content (AvgIpc) is 3.14. The Morgan fingerprint density at radius 2 is 1.85 bits per heavy atom. The van der Waals surface area contributed by atoms with Gasteiger partial charge >= 0.3 is 5.69 Å². The number of nitrogens with zero attached hydrogens (tertiary/aromatic N) is 7. The van der Waals surface area contributed by atoms with Gasteiger partial charge in [-0.25, -0.2) is 9.78 Å². The first-order chi connectivity index (χ1) is 12.4. The Kier molecular flexibility index (Phi) is 4.83. The molecule has 0 fully saturated rings. The van der Waals surface area contributed by atoms with E-state index in [-0.39, 0.29) is 0 Å². The van der Waals surface area contributed by atoms with Gasteiger partial charge in [-0.3, -0.25) is 18.5 Å². The van der Waals surface area contributed by atoms with E-state index in [9.17, 15) is 9.59 Å². The van der Waals surface area contributed by atoms with Crippen LogP contribution in [0.4, 0.5) is 0 Å². The molecule has 0 N–H and O–H groups in total. The van der Waals surface area contributed by atoms with Gasteiger partial charge in [0.05, 0.1) is 0 Å². The van der Waals surface area contributed by atoms with Crippen LogP contribution in [0.15, 0.2) is 32.6 Å². The highest BCUT2D eigenvalue weighted by molar-refractivity contribution is 7.99. The van der Waals surface area contributed by atoms with E-state index in [1.54, 1.807) is 31.8 Å². The topological polar surface area (TPSA) is 102 Å². The van der Waals surface area contributed by atoms with Crippen molar-refractivity contribution in [1.82, 2.24) is 33.4 Å². The lowest BCUT2D eigenvalue weighted by atomic mass is 10.5. The van der Waals surface area contributed by atoms with Crippen molar-refractivity contribution in [3.63, 3.8) is 0 Å². The largest absolute Gasteiger partial charge is 0.377 e. The van der Waals surface area contributed by atoms with Crippen molar-refractivity contribution < 1.29 is 4.74 Å². The summed E-state index contributed by atoms with van der Waals surface area (Å²) in [6.45, 7) is 4.58. The molecule has 0 saturated heterocycles. The SMILES string of the molecule is C=CCn1c(COC)nnc1Sc1nc2c(c(=O)n(C)c(=O)n2C)n1C. The van der Waals surface area contributed by atoms with Gasteiger partial charge in [0.15, 0.2) is 27.3 Å². The first-order valence-corrected chi connectivity index (χ1v) is 8.54. The predicted molar refractivity (Wildman–Crippen MR) is 96.3 cm³/mol. The summed E-state index contributed by atoms with van der Waals surface area (Å²) in [6, 6.07) is 0. The molecule has 0 aromatic carbocycles. The first-order valence-electron chi connectivity index (χ1n) is 7.72. The molecule has 138 valence electrons. The number of fused-ring (bicyclic) bond motifs is 1. The molecule has 0 aliphatic rings. The van der Waals surface area contributed by atoms with Gasteiger partial charge in [-0.2, -0.15) is 0 Å². The first kappa shape index (κ1) is 18.1. The highest BCUT2D eigenvalue weighted by atomic mass is 32.2. The number of aromatic nitrogens is 7. The molecule has 0 atom stereocenters. The van der Waals surface area contributed by atoms with Crippen molar-refractivity contribution in [3.05, 3.63) is 39.3 Å². The molecule has 0 amide bonds. The summed E-state index contributed by atoms with van der Waals surface area (Å²) in [4.78, 5) is 29.0. The van der Waals surface area contributed by atoms with E-state index in [4.69, 9.17) is 4.74 Å². The van der Waals surface area contributed by atoms with Crippen molar-refractivity contribution >= 4 is 22.9 Å².